The van der Waals surface area contributed by atoms with Gasteiger partial charge in [0.15, 0.2) is 0 Å². The summed E-state index contributed by atoms with van der Waals surface area (Å²) in [6, 6.07) is 33.7. The predicted octanol–water partition coefficient (Wildman–Crippen LogP) is 6.39. The van der Waals surface area contributed by atoms with Gasteiger partial charge in [0.25, 0.3) is 10.1 Å². The molecule has 0 bridgehead atoms. The van der Waals surface area contributed by atoms with E-state index in [9.17, 15) is 18.0 Å². The molecule has 1 aliphatic heterocycles. The molecule has 9 nitrogen and oxygen atoms in total. The van der Waals surface area contributed by atoms with E-state index >= 15 is 0 Å². The first-order chi connectivity index (χ1) is 23.2. The van der Waals surface area contributed by atoms with E-state index in [2.05, 4.69) is 70.9 Å². The summed E-state index contributed by atoms with van der Waals surface area (Å²) in [5.74, 6) is -0.184. The monoisotopic (exact) mass is 674 g/mol. The van der Waals surface area contributed by atoms with Crippen molar-refractivity contribution >= 4 is 32.8 Å². The number of hydrogen-bond donors (Lipinski definition) is 3. The zero-order valence-electron chi connectivity index (χ0n) is 27.2. The molecular weight excluding hydrogens is 628 g/mol. The van der Waals surface area contributed by atoms with E-state index in [1.165, 1.54) is 36.5 Å². The number of rotatable bonds is 15. The predicted molar refractivity (Wildman–Crippen MR) is 188 cm³/mol. The van der Waals surface area contributed by atoms with Crippen LogP contribution in [0.4, 0.5) is 0 Å². The number of carboxylic acids is 1. The zero-order valence-corrected chi connectivity index (χ0v) is 28.1. The minimum atomic E-state index is -4.13. The van der Waals surface area contributed by atoms with Crippen LogP contribution in [0.2, 0.25) is 0 Å². The molecule has 1 saturated heterocycles. The Kier molecular flexibility index (Phi) is 14.6. The number of carbonyl (C=O) groups excluding carboxylic acids is 1. The van der Waals surface area contributed by atoms with Crippen molar-refractivity contribution in [3.8, 4) is 0 Å². The maximum Gasteiger partial charge on any atom is 0.329 e. The van der Waals surface area contributed by atoms with Crippen LogP contribution >= 0.6 is 0 Å². The SMILES string of the molecule is O=C(O)COCC(=O)NCCCCCCN1CCC(C(c2ccccc2)c2ccccc2)CC1.O=S(=O)(O)c1cccc2ccccc12. The van der Waals surface area contributed by atoms with Crippen LogP contribution in [0.1, 0.15) is 55.6 Å². The standard InChI is InChI=1S/C28H38N2O4.C10H8O3S/c31-26(21-34-22-27(32)33)29-17-9-1-2-10-18-30-19-15-25(16-20-30)28(23-11-5-3-6-12-23)24-13-7-4-8-14-24;11-14(12,13)10-7-3-5-8-4-1-2-6-9(8)10/h3-8,11-14,25,28H,1-2,9-10,15-22H2,(H,29,31)(H,32,33);1-7H,(H,11,12,13). The van der Waals surface area contributed by atoms with Crippen molar-refractivity contribution < 1.29 is 32.4 Å². The van der Waals surface area contributed by atoms with Crippen molar-refractivity contribution in [1.82, 2.24) is 10.2 Å². The first-order valence-corrected chi connectivity index (χ1v) is 18.0. The number of likely N-dealkylation sites (tertiary alicyclic amines) is 1. The van der Waals surface area contributed by atoms with Crippen LogP contribution in [0.3, 0.4) is 0 Å². The second-order valence-electron chi connectivity index (χ2n) is 12.1. The summed E-state index contributed by atoms with van der Waals surface area (Å²) in [7, 11) is -4.13. The highest BCUT2D eigenvalue weighted by atomic mass is 32.2. The molecule has 0 aromatic heterocycles. The molecule has 1 aliphatic rings. The molecule has 5 rings (SSSR count). The number of carbonyl (C=O) groups is 2. The lowest BCUT2D eigenvalue weighted by Crippen LogP contribution is -2.36. The number of ether oxygens (including phenoxy) is 1. The molecule has 0 atom stereocenters. The molecule has 0 spiro atoms. The van der Waals surface area contributed by atoms with Crippen molar-refractivity contribution in [2.45, 2.75) is 49.3 Å². The van der Waals surface area contributed by atoms with Gasteiger partial charge in [-0.05, 0) is 73.8 Å². The molecular formula is C38H46N2O7S. The first kappa shape index (κ1) is 36.7. The van der Waals surface area contributed by atoms with Gasteiger partial charge in [-0.25, -0.2) is 4.79 Å². The Balaban J connectivity index is 0.000000307. The molecule has 4 aromatic carbocycles. The van der Waals surface area contributed by atoms with E-state index in [-0.39, 0.29) is 17.4 Å². The fourth-order valence-corrected chi connectivity index (χ4v) is 7.03. The lowest BCUT2D eigenvalue weighted by molar-refractivity contribution is -0.143. The fourth-order valence-electron chi connectivity index (χ4n) is 6.31. The first-order valence-electron chi connectivity index (χ1n) is 16.6. The highest BCUT2D eigenvalue weighted by molar-refractivity contribution is 7.86. The number of benzene rings is 4. The van der Waals surface area contributed by atoms with Crippen LogP contribution in [-0.2, 0) is 24.4 Å². The van der Waals surface area contributed by atoms with Crippen LogP contribution in [0.15, 0.2) is 108 Å². The van der Waals surface area contributed by atoms with Crippen molar-refractivity contribution in [3.63, 3.8) is 0 Å². The summed E-state index contributed by atoms with van der Waals surface area (Å²) in [6.45, 7) is 3.44. The number of nitrogens with one attached hydrogen (secondary N) is 1. The Morgan fingerprint density at radius 1 is 0.771 bits per heavy atom. The number of fused-ring (bicyclic) bond motifs is 1. The summed E-state index contributed by atoms with van der Waals surface area (Å²) in [5.41, 5.74) is 2.85. The van der Waals surface area contributed by atoms with E-state index in [0.29, 0.717) is 23.8 Å². The van der Waals surface area contributed by atoms with Gasteiger partial charge in [-0.2, -0.15) is 8.42 Å². The largest absolute Gasteiger partial charge is 0.480 e. The Bertz CT molecular complexity index is 1630. The van der Waals surface area contributed by atoms with Crippen LogP contribution in [-0.4, -0.2) is 74.2 Å². The maximum atomic E-state index is 11.5. The van der Waals surface area contributed by atoms with Crippen LogP contribution < -0.4 is 5.32 Å². The van der Waals surface area contributed by atoms with Crippen molar-refractivity contribution in [3.05, 3.63) is 114 Å². The van der Waals surface area contributed by atoms with Crippen molar-refractivity contribution in [2.75, 3.05) is 39.4 Å². The Hall–Kier alpha value is -4.09. The fraction of sp³-hybridized carbons (Fsp3) is 0.368. The van der Waals surface area contributed by atoms with Gasteiger partial charge in [0.2, 0.25) is 5.91 Å². The Morgan fingerprint density at radius 2 is 1.35 bits per heavy atom. The third-order valence-corrected chi connectivity index (χ3v) is 9.54. The molecule has 0 aliphatic carbocycles. The number of unbranched alkanes of at least 4 members (excludes halogenated alkanes) is 3. The van der Waals surface area contributed by atoms with Gasteiger partial charge >= 0.3 is 5.97 Å². The third-order valence-electron chi connectivity index (χ3n) is 8.63. The van der Waals surface area contributed by atoms with Gasteiger partial charge in [-0.3, -0.25) is 9.35 Å². The summed E-state index contributed by atoms with van der Waals surface area (Å²) in [6.07, 6.45) is 6.80. The van der Waals surface area contributed by atoms with Crippen molar-refractivity contribution in [1.29, 1.82) is 0 Å². The molecule has 10 heteroatoms. The summed E-state index contributed by atoms with van der Waals surface area (Å²) in [5, 5.41) is 12.6. The smallest absolute Gasteiger partial charge is 0.329 e. The highest BCUT2D eigenvalue weighted by Crippen LogP contribution is 2.38. The van der Waals surface area contributed by atoms with Gasteiger partial charge in [0.1, 0.15) is 18.1 Å². The molecule has 3 N–H and O–H groups in total. The topological polar surface area (TPSA) is 133 Å². The highest BCUT2D eigenvalue weighted by Gasteiger charge is 2.28. The maximum absolute atomic E-state index is 11.5. The number of amides is 1. The van der Waals surface area contributed by atoms with Crippen LogP contribution in [0, 0.1) is 5.92 Å². The average Bonchev–Trinajstić information content (AvgIpc) is 3.09. The van der Waals surface area contributed by atoms with E-state index in [1.807, 2.05) is 6.07 Å². The number of aliphatic carboxylic acids is 1. The van der Waals surface area contributed by atoms with Crippen LogP contribution in [0.5, 0.6) is 0 Å². The second-order valence-corrected chi connectivity index (χ2v) is 13.5. The molecule has 0 radical (unpaired) electrons. The molecule has 0 unspecified atom stereocenters. The average molecular weight is 675 g/mol. The van der Waals surface area contributed by atoms with E-state index in [1.54, 1.807) is 30.3 Å². The van der Waals surface area contributed by atoms with Gasteiger partial charge in [-0.15, -0.1) is 0 Å². The van der Waals surface area contributed by atoms with Gasteiger partial charge < -0.3 is 20.1 Å². The van der Waals surface area contributed by atoms with Gasteiger partial charge in [0, 0.05) is 17.8 Å². The third kappa shape index (κ3) is 11.9. The minimum Gasteiger partial charge on any atom is -0.480 e. The van der Waals surface area contributed by atoms with E-state index in [0.717, 1.165) is 44.3 Å². The van der Waals surface area contributed by atoms with Crippen molar-refractivity contribution in [2.24, 2.45) is 5.92 Å². The molecule has 0 saturated carbocycles. The van der Waals surface area contributed by atoms with E-state index in [4.69, 9.17) is 14.4 Å². The number of piperidine rings is 1. The Labute approximate surface area is 283 Å². The molecule has 4 aromatic rings. The quantitative estimate of drug-likeness (QED) is 0.0976. The number of nitrogens with zero attached hydrogens (tertiary/aromatic N) is 1. The van der Waals surface area contributed by atoms with E-state index < -0.39 is 22.7 Å². The molecule has 256 valence electrons. The normalized spacial score (nSPS) is 14.0. The zero-order chi connectivity index (χ0) is 34.2. The number of hydrogen-bond acceptors (Lipinski definition) is 6. The molecule has 1 heterocycles. The lowest BCUT2D eigenvalue weighted by atomic mass is 9.76. The van der Waals surface area contributed by atoms with Crippen LogP contribution in [0.25, 0.3) is 10.8 Å². The Morgan fingerprint density at radius 3 is 1.98 bits per heavy atom. The second kappa shape index (κ2) is 19.0. The summed E-state index contributed by atoms with van der Waals surface area (Å²) in [4.78, 5) is 24.5. The molecule has 1 fully saturated rings. The summed E-state index contributed by atoms with van der Waals surface area (Å²) >= 11 is 0. The molecule has 1 amide bonds. The minimum absolute atomic E-state index is 0.0457. The lowest BCUT2D eigenvalue weighted by Gasteiger charge is -2.36. The molecule has 48 heavy (non-hydrogen) atoms. The summed E-state index contributed by atoms with van der Waals surface area (Å²) < 4.78 is 35.7. The van der Waals surface area contributed by atoms with Gasteiger partial charge in [0.05, 0.1) is 0 Å². The van der Waals surface area contributed by atoms with Gasteiger partial charge in [-0.1, -0.05) is 110 Å². The number of carboxylic acid groups (broad SMARTS) is 1.